The van der Waals surface area contributed by atoms with Gasteiger partial charge in [-0.25, -0.2) is 4.79 Å². The summed E-state index contributed by atoms with van der Waals surface area (Å²) in [6, 6.07) is 14.5. The fourth-order valence-electron chi connectivity index (χ4n) is 3.64. The number of aryl methyl sites for hydroxylation is 1. The molecule has 0 bridgehead atoms. The van der Waals surface area contributed by atoms with Gasteiger partial charge in [0.2, 0.25) is 0 Å². The van der Waals surface area contributed by atoms with E-state index >= 15 is 0 Å². The third kappa shape index (κ3) is 3.78. The number of nitrogens with zero attached hydrogens (tertiary/aromatic N) is 1. The highest BCUT2D eigenvalue weighted by molar-refractivity contribution is 6.06. The molecule has 2 aromatic carbocycles. The van der Waals surface area contributed by atoms with Crippen LogP contribution in [-0.4, -0.2) is 30.1 Å². The van der Waals surface area contributed by atoms with Crippen molar-refractivity contribution in [1.82, 2.24) is 4.98 Å². The summed E-state index contributed by atoms with van der Waals surface area (Å²) in [5, 5.41) is 3.52. The fourth-order valence-corrected chi connectivity index (χ4v) is 3.64. The van der Waals surface area contributed by atoms with E-state index in [4.69, 9.17) is 9.47 Å². The first-order valence-corrected chi connectivity index (χ1v) is 9.63. The zero-order chi connectivity index (χ0) is 20.4. The molecule has 0 saturated heterocycles. The smallest absolute Gasteiger partial charge is 0.339 e. The Bertz CT molecular complexity index is 1080. The van der Waals surface area contributed by atoms with Crippen molar-refractivity contribution < 1.29 is 19.1 Å². The van der Waals surface area contributed by atoms with Crippen LogP contribution in [0.25, 0.3) is 10.9 Å². The summed E-state index contributed by atoms with van der Waals surface area (Å²) in [4.78, 5) is 30.2. The van der Waals surface area contributed by atoms with Crippen molar-refractivity contribution in [3.63, 3.8) is 0 Å². The molecule has 6 heteroatoms. The van der Waals surface area contributed by atoms with Crippen molar-refractivity contribution in [2.45, 2.75) is 32.3 Å². The Labute approximate surface area is 168 Å². The molecule has 6 nitrogen and oxygen atoms in total. The van der Waals surface area contributed by atoms with Gasteiger partial charge in [-0.3, -0.25) is 9.78 Å². The molecule has 0 spiro atoms. The van der Waals surface area contributed by atoms with E-state index < -0.39 is 18.0 Å². The first kappa shape index (κ1) is 18.9. The van der Waals surface area contributed by atoms with E-state index in [-0.39, 0.29) is 0 Å². The molecule has 1 unspecified atom stereocenters. The lowest BCUT2D eigenvalue weighted by Crippen LogP contribution is -2.30. The van der Waals surface area contributed by atoms with Crippen molar-refractivity contribution in [3.8, 4) is 5.75 Å². The number of amides is 1. The van der Waals surface area contributed by atoms with Crippen LogP contribution >= 0.6 is 0 Å². The van der Waals surface area contributed by atoms with Gasteiger partial charge in [-0.15, -0.1) is 0 Å². The minimum Gasteiger partial charge on any atom is -0.497 e. The number of anilines is 1. The predicted molar refractivity (Wildman–Crippen MR) is 110 cm³/mol. The number of nitrogens with one attached hydrogen (secondary N) is 1. The summed E-state index contributed by atoms with van der Waals surface area (Å²) >= 11 is 0. The topological polar surface area (TPSA) is 77.5 Å². The number of rotatable bonds is 5. The minimum atomic E-state index is -0.936. The zero-order valence-corrected chi connectivity index (χ0v) is 16.4. The second-order valence-electron chi connectivity index (χ2n) is 7.05. The van der Waals surface area contributed by atoms with Gasteiger partial charge < -0.3 is 14.8 Å². The van der Waals surface area contributed by atoms with Gasteiger partial charge in [-0.1, -0.05) is 18.2 Å². The molecule has 1 N–H and O–H groups in total. The zero-order valence-electron chi connectivity index (χ0n) is 16.4. The lowest BCUT2D eigenvalue weighted by atomic mass is 10.0. The Morgan fingerprint density at radius 2 is 1.83 bits per heavy atom. The molecule has 0 radical (unpaired) electrons. The molecular weight excluding hydrogens is 368 g/mol. The van der Waals surface area contributed by atoms with E-state index in [1.54, 1.807) is 38.3 Å². The van der Waals surface area contributed by atoms with Crippen molar-refractivity contribution in [2.75, 3.05) is 12.4 Å². The number of carbonyl (C=O) groups excluding carboxylic acids is 2. The SMILES string of the molecule is COc1ccc(NC(=O)C(C)OC(=O)c2c3c(nc4ccccc24)CCC3)cc1. The molecule has 1 aromatic heterocycles. The average molecular weight is 390 g/mol. The molecule has 3 aromatic rings. The number of ether oxygens (including phenoxy) is 2. The summed E-state index contributed by atoms with van der Waals surface area (Å²) in [6.07, 6.45) is 1.68. The highest BCUT2D eigenvalue weighted by Gasteiger charge is 2.27. The number of aromatic nitrogens is 1. The quantitative estimate of drug-likeness (QED) is 0.668. The fraction of sp³-hybridized carbons (Fsp3) is 0.261. The number of methoxy groups -OCH3 is 1. The van der Waals surface area contributed by atoms with Gasteiger partial charge in [0.1, 0.15) is 5.75 Å². The third-order valence-electron chi connectivity index (χ3n) is 5.13. The molecule has 148 valence electrons. The second-order valence-corrected chi connectivity index (χ2v) is 7.05. The average Bonchev–Trinajstić information content (AvgIpc) is 3.20. The maximum absolute atomic E-state index is 13.0. The molecule has 1 amide bonds. The largest absolute Gasteiger partial charge is 0.497 e. The van der Waals surface area contributed by atoms with Gasteiger partial charge in [0.25, 0.3) is 5.91 Å². The lowest BCUT2D eigenvalue weighted by Gasteiger charge is -2.16. The van der Waals surface area contributed by atoms with Crippen LogP contribution in [0.15, 0.2) is 48.5 Å². The first-order valence-electron chi connectivity index (χ1n) is 9.63. The highest BCUT2D eigenvalue weighted by Crippen LogP contribution is 2.30. The molecule has 0 aliphatic heterocycles. The van der Waals surface area contributed by atoms with Gasteiger partial charge >= 0.3 is 5.97 Å². The number of benzene rings is 2. The Kier molecular flexibility index (Phi) is 5.16. The summed E-state index contributed by atoms with van der Waals surface area (Å²) in [7, 11) is 1.58. The number of fused-ring (bicyclic) bond motifs is 2. The van der Waals surface area contributed by atoms with Gasteiger partial charge in [0, 0.05) is 16.8 Å². The van der Waals surface area contributed by atoms with Crippen LogP contribution in [0.5, 0.6) is 5.75 Å². The molecule has 4 rings (SSSR count). The molecule has 1 heterocycles. The third-order valence-corrected chi connectivity index (χ3v) is 5.13. The Hall–Kier alpha value is -3.41. The van der Waals surface area contributed by atoms with Gasteiger partial charge in [-0.2, -0.15) is 0 Å². The Morgan fingerprint density at radius 3 is 2.59 bits per heavy atom. The maximum atomic E-state index is 13.0. The van der Waals surface area contributed by atoms with Crippen molar-refractivity contribution in [3.05, 3.63) is 65.4 Å². The molecule has 1 aliphatic rings. The van der Waals surface area contributed by atoms with Crippen molar-refractivity contribution >= 4 is 28.5 Å². The monoisotopic (exact) mass is 390 g/mol. The standard InChI is InChI=1S/C23H22N2O4/c1-14(22(26)24-15-10-12-16(28-2)13-11-15)29-23(27)21-17-6-3-4-8-19(17)25-20-9-5-7-18(20)21/h3-4,6,8,10-14H,5,7,9H2,1-2H3,(H,24,26). The molecule has 1 atom stereocenters. The summed E-state index contributed by atoms with van der Waals surface area (Å²) in [5.41, 5.74) is 3.80. The highest BCUT2D eigenvalue weighted by atomic mass is 16.5. The van der Waals surface area contributed by atoms with E-state index in [0.29, 0.717) is 17.0 Å². The molecule has 0 saturated carbocycles. The Balaban J connectivity index is 1.54. The second kappa shape index (κ2) is 7.91. The van der Waals surface area contributed by atoms with Crippen LogP contribution in [0.2, 0.25) is 0 Å². The number of carbonyl (C=O) groups is 2. The lowest BCUT2D eigenvalue weighted by molar-refractivity contribution is -0.123. The minimum absolute atomic E-state index is 0.390. The molecule has 29 heavy (non-hydrogen) atoms. The number of hydrogen-bond acceptors (Lipinski definition) is 5. The number of para-hydroxylation sites is 1. The van der Waals surface area contributed by atoms with E-state index in [9.17, 15) is 9.59 Å². The van der Waals surface area contributed by atoms with Crippen molar-refractivity contribution in [2.24, 2.45) is 0 Å². The predicted octanol–water partition coefficient (Wildman–Crippen LogP) is 3.92. The number of hydrogen-bond donors (Lipinski definition) is 1. The van der Waals surface area contributed by atoms with Crippen LogP contribution in [0, 0.1) is 0 Å². The maximum Gasteiger partial charge on any atom is 0.339 e. The van der Waals surface area contributed by atoms with Crippen LogP contribution in [-0.2, 0) is 22.4 Å². The molecule has 0 fully saturated rings. The van der Waals surface area contributed by atoms with E-state index in [1.807, 2.05) is 24.3 Å². The van der Waals surface area contributed by atoms with Gasteiger partial charge in [0.15, 0.2) is 6.10 Å². The van der Waals surface area contributed by atoms with E-state index in [1.165, 1.54) is 0 Å². The molecular formula is C23H22N2O4. The van der Waals surface area contributed by atoms with Gasteiger partial charge in [-0.05, 0) is 62.1 Å². The van der Waals surface area contributed by atoms with Crippen LogP contribution < -0.4 is 10.1 Å². The van der Waals surface area contributed by atoms with Crippen LogP contribution in [0.3, 0.4) is 0 Å². The van der Waals surface area contributed by atoms with E-state index in [0.717, 1.165) is 41.4 Å². The summed E-state index contributed by atoms with van der Waals surface area (Å²) < 4.78 is 10.7. The normalized spacial score (nSPS) is 13.6. The Morgan fingerprint density at radius 1 is 1.07 bits per heavy atom. The number of pyridine rings is 1. The van der Waals surface area contributed by atoms with E-state index in [2.05, 4.69) is 10.3 Å². The van der Waals surface area contributed by atoms with Crippen molar-refractivity contribution in [1.29, 1.82) is 0 Å². The summed E-state index contributed by atoms with van der Waals surface area (Å²) in [6.45, 7) is 1.57. The first-order chi connectivity index (χ1) is 14.1. The number of esters is 1. The van der Waals surface area contributed by atoms with Crippen LogP contribution in [0.4, 0.5) is 5.69 Å². The summed E-state index contributed by atoms with van der Waals surface area (Å²) in [5.74, 6) is -0.182. The molecule has 1 aliphatic carbocycles. The van der Waals surface area contributed by atoms with Gasteiger partial charge in [0.05, 0.1) is 18.2 Å². The van der Waals surface area contributed by atoms with Crippen LogP contribution in [0.1, 0.15) is 35.0 Å².